The summed E-state index contributed by atoms with van der Waals surface area (Å²) in [5.41, 5.74) is 2.72. The molecule has 3 aliphatic rings. The Morgan fingerprint density at radius 3 is 1.20 bits per heavy atom. The average Bonchev–Trinajstić information content (AvgIpc) is 4.07. The Hall–Kier alpha value is -3.36. The van der Waals surface area contributed by atoms with E-state index in [0.717, 1.165) is 48.3 Å². The Labute approximate surface area is 272 Å². The van der Waals surface area contributed by atoms with E-state index >= 15 is 0 Å². The summed E-state index contributed by atoms with van der Waals surface area (Å²) in [6, 6.07) is 42.4. The lowest BCUT2D eigenvalue weighted by atomic mass is 9.66. The normalized spacial score (nSPS) is 28.5. The molecule has 4 aromatic carbocycles. The minimum absolute atomic E-state index is 0.232. The molecule has 0 N–H and O–H groups in total. The molecule has 6 atom stereocenters. The van der Waals surface area contributed by atoms with Crippen molar-refractivity contribution in [2.45, 2.75) is 61.3 Å². The van der Waals surface area contributed by atoms with Gasteiger partial charge in [-0.25, -0.2) is 0 Å². The van der Waals surface area contributed by atoms with Gasteiger partial charge >= 0.3 is 0 Å². The van der Waals surface area contributed by atoms with Crippen LogP contribution in [0.15, 0.2) is 121 Å². The third-order valence-corrected chi connectivity index (χ3v) is 9.37. The smallest absolute Gasteiger partial charge is 0.127 e. The summed E-state index contributed by atoms with van der Waals surface area (Å²) in [6.07, 6.45) is 2.79. The third-order valence-electron chi connectivity index (χ3n) is 9.37. The molecule has 0 saturated carbocycles. The monoisotopic (exact) mass is 620 g/mol. The maximum Gasteiger partial charge on any atom is 0.127 e. The predicted octanol–water partition coefficient (Wildman–Crippen LogP) is 7.70. The van der Waals surface area contributed by atoms with Gasteiger partial charge in [0, 0.05) is 13.2 Å². The van der Waals surface area contributed by atoms with E-state index in [2.05, 4.69) is 121 Å². The molecule has 3 fully saturated rings. The molecular formula is C40H44O6. The van der Waals surface area contributed by atoms with Crippen LogP contribution >= 0.6 is 0 Å². The maximum atomic E-state index is 7.76. The van der Waals surface area contributed by atoms with E-state index in [1.807, 2.05) is 0 Å². The van der Waals surface area contributed by atoms with Crippen LogP contribution in [0.3, 0.4) is 0 Å². The second-order valence-corrected chi connectivity index (χ2v) is 12.6. The lowest BCUT2D eigenvalue weighted by molar-refractivity contribution is -0.343. The van der Waals surface area contributed by atoms with Crippen molar-refractivity contribution in [2.24, 2.45) is 0 Å². The molecule has 240 valence electrons. The summed E-state index contributed by atoms with van der Waals surface area (Å²) in [7, 11) is 0. The van der Waals surface area contributed by atoms with Crippen molar-refractivity contribution in [2.75, 3.05) is 39.6 Å². The molecule has 0 spiro atoms. The van der Waals surface area contributed by atoms with Gasteiger partial charge < -0.3 is 28.4 Å². The van der Waals surface area contributed by atoms with Crippen molar-refractivity contribution in [1.29, 1.82) is 0 Å². The molecule has 0 amide bonds. The van der Waals surface area contributed by atoms with Gasteiger partial charge in [0.05, 0.1) is 26.4 Å². The number of hydrogen-bond donors (Lipinski definition) is 0. The Kier molecular flexibility index (Phi) is 9.92. The second-order valence-electron chi connectivity index (χ2n) is 12.6. The third kappa shape index (κ3) is 6.98. The van der Waals surface area contributed by atoms with E-state index in [4.69, 9.17) is 28.4 Å². The first-order valence-electron chi connectivity index (χ1n) is 16.7. The highest BCUT2D eigenvalue weighted by Crippen LogP contribution is 2.61. The zero-order valence-electron chi connectivity index (χ0n) is 26.4. The molecule has 0 aliphatic carbocycles. The fourth-order valence-corrected chi connectivity index (χ4v) is 6.95. The first-order valence-corrected chi connectivity index (χ1v) is 16.7. The quantitative estimate of drug-likeness (QED) is 0.0945. The van der Waals surface area contributed by atoms with Gasteiger partial charge in [-0.3, -0.25) is 0 Å². The first-order chi connectivity index (χ1) is 22.8. The van der Waals surface area contributed by atoms with E-state index in [-0.39, 0.29) is 24.4 Å². The molecule has 3 saturated heterocycles. The number of ether oxygens (including phenoxy) is 6. The lowest BCUT2D eigenvalue weighted by Crippen LogP contribution is -2.58. The Bertz CT molecular complexity index is 1360. The van der Waals surface area contributed by atoms with Gasteiger partial charge in [-0.2, -0.15) is 0 Å². The maximum absolute atomic E-state index is 7.76. The minimum Gasteiger partial charge on any atom is -0.379 e. The standard InChI is InChI=1S/C40H44O6/c1-5-15-31(16-6-1)37-38(32-17-7-2-8-18-32)46-40(34-21-11-4-12-22-34,24-14-26-42-28-36-30-44-36)39(45-37,33-19-9-3-10-20-33)23-13-25-41-27-35-29-43-35/h1-12,15-22,35-38H,13-14,23-30H2. The first kappa shape index (κ1) is 31.3. The molecule has 6 nitrogen and oxygen atoms in total. The van der Waals surface area contributed by atoms with Crippen LogP contribution in [0, 0.1) is 0 Å². The molecular weight excluding hydrogens is 576 g/mol. The van der Waals surface area contributed by atoms with Gasteiger partial charge in [-0.15, -0.1) is 0 Å². The van der Waals surface area contributed by atoms with Crippen molar-refractivity contribution < 1.29 is 28.4 Å². The van der Waals surface area contributed by atoms with Crippen LogP contribution in [-0.4, -0.2) is 51.8 Å². The topological polar surface area (TPSA) is 62.0 Å². The summed E-state index contributed by atoms with van der Waals surface area (Å²) in [4.78, 5) is 0. The highest BCUT2D eigenvalue weighted by Gasteiger charge is 2.61. The largest absolute Gasteiger partial charge is 0.379 e. The van der Waals surface area contributed by atoms with Crippen molar-refractivity contribution in [3.05, 3.63) is 144 Å². The fraction of sp³-hybridized carbons (Fsp3) is 0.400. The number of hydrogen-bond acceptors (Lipinski definition) is 6. The lowest BCUT2D eigenvalue weighted by Gasteiger charge is -2.58. The predicted molar refractivity (Wildman–Crippen MR) is 176 cm³/mol. The van der Waals surface area contributed by atoms with Crippen LogP contribution in [0.2, 0.25) is 0 Å². The molecule has 4 aromatic rings. The van der Waals surface area contributed by atoms with Crippen LogP contribution < -0.4 is 0 Å². The highest BCUT2D eigenvalue weighted by atomic mass is 16.6. The van der Waals surface area contributed by atoms with Crippen molar-refractivity contribution >= 4 is 0 Å². The molecule has 0 radical (unpaired) electrons. The Balaban J connectivity index is 1.34. The van der Waals surface area contributed by atoms with Crippen LogP contribution in [0.4, 0.5) is 0 Å². The number of rotatable bonds is 16. The van der Waals surface area contributed by atoms with Crippen molar-refractivity contribution in [1.82, 2.24) is 0 Å². The summed E-state index contributed by atoms with van der Waals surface area (Å²) in [5, 5.41) is 0. The molecule has 6 unspecified atom stereocenters. The zero-order valence-corrected chi connectivity index (χ0v) is 26.4. The second kappa shape index (κ2) is 14.6. The van der Waals surface area contributed by atoms with Gasteiger partial charge in [-0.05, 0) is 47.9 Å². The van der Waals surface area contributed by atoms with Crippen LogP contribution in [0.25, 0.3) is 0 Å². The molecule has 46 heavy (non-hydrogen) atoms. The van der Waals surface area contributed by atoms with Crippen molar-refractivity contribution in [3.8, 4) is 0 Å². The average molecular weight is 621 g/mol. The van der Waals surface area contributed by atoms with Gasteiger partial charge in [0.25, 0.3) is 0 Å². The fourth-order valence-electron chi connectivity index (χ4n) is 6.95. The molecule has 7 rings (SSSR count). The van der Waals surface area contributed by atoms with Gasteiger partial charge in [-0.1, -0.05) is 121 Å². The molecule has 0 bridgehead atoms. The van der Waals surface area contributed by atoms with Gasteiger partial charge in [0.2, 0.25) is 0 Å². The Morgan fingerprint density at radius 2 is 0.848 bits per heavy atom. The van der Waals surface area contributed by atoms with Crippen LogP contribution in [0.1, 0.15) is 60.1 Å². The van der Waals surface area contributed by atoms with E-state index < -0.39 is 11.2 Å². The number of benzene rings is 4. The highest BCUT2D eigenvalue weighted by molar-refractivity contribution is 5.38. The van der Waals surface area contributed by atoms with E-state index in [1.165, 1.54) is 0 Å². The van der Waals surface area contributed by atoms with E-state index in [1.54, 1.807) is 0 Å². The van der Waals surface area contributed by atoms with Gasteiger partial charge in [0.15, 0.2) is 0 Å². The van der Waals surface area contributed by atoms with Gasteiger partial charge in [0.1, 0.15) is 35.6 Å². The molecule has 6 heteroatoms. The van der Waals surface area contributed by atoms with E-state index in [9.17, 15) is 0 Å². The summed E-state index contributed by atoms with van der Waals surface area (Å²) < 4.78 is 38.5. The van der Waals surface area contributed by atoms with E-state index in [0.29, 0.717) is 39.3 Å². The Morgan fingerprint density at radius 1 is 0.500 bits per heavy atom. The van der Waals surface area contributed by atoms with Crippen molar-refractivity contribution in [3.63, 3.8) is 0 Å². The SMILES string of the molecule is c1ccc(C2OC(CCCOCC3CO3)(c3ccccc3)C(CCCOCC3CO3)(c3ccccc3)OC2c2ccccc2)cc1. The zero-order chi connectivity index (χ0) is 31.1. The molecule has 3 aliphatic heterocycles. The number of epoxide rings is 2. The molecule has 0 aromatic heterocycles. The molecule has 3 heterocycles. The summed E-state index contributed by atoms with van der Waals surface area (Å²) in [6.45, 7) is 4.07. The summed E-state index contributed by atoms with van der Waals surface area (Å²) in [5.74, 6) is 0. The van der Waals surface area contributed by atoms with Crippen LogP contribution in [0.5, 0.6) is 0 Å². The van der Waals surface area contributed by atoms with Crippen LogP contribution in [-0.2, 0) is 39.6 Å². The summed E-state index contributed by atoms with van der Waals surface area (Å²) >= 11 is 0. The minimum atomic E-state index is -0.833.